The Morgan fingerprint density at radius 1 is 1.38 bits per heavy atom. The third-order valence-corrected chi connectivity index (χ3v) is 3.06. The Morgan fingerprint density at radius 3 is 2.94 bits per heavy atom. The molecule has 1 fully saturated rings. The van der Waals surface area contributed by atoms with Crippen molar-refractivity contribution in [3.63, 3.8) is 0 Å². The number of anilines is 1. The summed E-state index contributed by atoms with van der Waals surface area (Å²) in [5.41, 5.74) is 2.44. The Balaban J connectivity index is 2.02. The molecule has 1 aromatic carbocycles. The molecule has 5 nitrogen and oxygen atoms in total. The number of carbonyl (C=O) groups is 1. The van der Waals surface area contributed by atoms with Crippen LogP contribution in [-0.2, 0) is 4.79 Å². The largest absolute Gasteiger partial charge is 0.311 e. The van der Waals surface area contributed by atoms with Crippen LogP contribution in [0, 0.1) is 0 Å². The normalized spacial score (nSPS) is 20.9. The number of H-pyrrole nitrogens is 1. The predicted molar refractivity (Wildman–Crippen MR) is 63.6 cm³/mol. The van der Waals surface area contributed by atoms with Crippen molar-refractivity contribution in [2.24, 2.45) is 0 Å². The number of hydrogen-bond acceptors (Lipinski definition) is 4. The van der Waals surface area contributed by atoms with Gasteiger partial charge in [0.1, 0.15) is 11.0 Å². The Hall–Kier alpha value is -1.56. The maximum atomic E-state index is 11.7. The van der Waals surface area contributed by atoms with Crippen molar-refractivity contribution < 1.29 is 4.79 Å². The molecular formula is C10H10N4OS. The number of carbonyl (C=O) groups excluding carboxylic acids is 1. The molecule has 0 bridgehead atoms. The lowest BCUT2D eigenvalue weighted by Gasteiger charge is -2.15. The van der Waals surface area contributed by atoms with E-state index in [1.807, 2.05) is 18.2 Å². The van der Waals surface area contributed by atoms with Gasteiger partial charge in [-0.2, -0.15) is 28.0 Å². The van der Waals surface area contributed by atoms with Crippen molar-refractivity contribution in [2.75, 3.05) is 11.4 Å². The molecule has 2 aromatic rings. The molecule has 6 heteroatoms. The maximum Gasteiger partial charge on any atom is 0.228 e. The van der Waals surface area contributed by atoms with Crippen LogP contribution in [0.15, 0.2) is 18.2 Å². The van der Waals surface area contributed by atoms with Crippen LogP contribution in [0.25, 0.3) is 11.0 Å². The fourth-order valence-electron chi connectivity index (χ4n) is 1.93. The number of nitrogens with one attached hydrogen (secondary N) is 1. The van der Waals surface area contributed by atoms with E-state index in [1.54, 1.807) is 4.90 Å². The van der Waals surface area contributed by atoms with Crippen LogP contribution in [0.4, 0.5) is 5.69 Å². The minimum absolute atomic E-state index is 0.114. The monoisotopic (exact) mass is 234 g/mol. The number of benzene rings is 1. The van der Waals surface area contributed by atoms with Gasteiger partial charge in [0.2, 0.25) is 5.91 Å². The number of rotatable bonds is 1. The lowest BCUT2D eigenvalue weighted by atomic mass is 10.2. The highest BCUT2D eigenvalue weighted by molar-refractivity contribution is 7.81. The molecule has 82 valence electrons. The predicted octanol–water partition coefficient (Wildman–Crippen LogP) is 0.993. The van der Waals surface area contributed by atoms with Crippen molar-refractivity contribution >= 4 is 35.3 Å². The van der Waals surface area contributed by atoms with E-state index in [1.165, 1.54) is 0 Å². The molecule has 3 rings (SSSR count). The molecule has 1 aliphatic heterocycles. The smallest absolute Gasteiger partial charge is 0.228 e. The highest BCUT2D eigenvalue weighted by Gasteiger charge is 2.28. The summed E-state index contributed by atoms with van der Waals surface area (Å²) in [4.78, 5) is 13.4. The first-order valence-corrected chi connectivity index (χ1v) is 5.54. The van der Waals surface area contributed by atoms with Gasteiger partial charge in [0.25, 0.3) is 0 Å². The molecule has 0 radical (unpaired) electrons. The summed E-state index contributed by atoms with van der Waals surface area (Å²) in [6, 6.07) is 5.60. The third-order valence-electron chi connectivity index (χ3n) is 2.72. The number of amides is 1. The van der Waals surface area contributed by atoms with Crippen LogP contribution in [0.1, 0.15) is 6.42 Å². The minimum atomic E-state index is 0.114. The highest BCUT2D eigenvalue weighted by atomic mass is 32.1. The molecule has 1 unspecified atom stereocenters. The number of aromatic nitrogens is 3. The highest BCUT2D eigenvalue weighted by Crippen LogP contribution is 2.25. The molecule has 16 heavy (non-hydrogen) atoms. The SMILES string of the molecule is O=C1CC(S)CN1c1ccc2n[nH]nc2c1. The van der Waals surface area contributed by atoms with Gasteiger partial charge in [0, 0.05) is 23.9 Å². The van der Waals surface area contributed by atoms with Gasteiger partial charge in [-0.25, -0.2) is 0 Å². The van der Waals surface area contributed by atoms with Crippen molar-refractivity contribution in [3.8, 4) is 0 Å². The summed E-state index contributed by atoms with van der Waals surface area (Å²) < 4.78 is 0. The van der Waals surface area contributed by atoms with Gasteiger partial charge in [-0.05, 0) is 18.2 Å². The average molecular weight is 234 g/mol. The van der Waals surface area contributed by atoms with Gasteiger partial charge >= 0.3 is 0 Å². The summed E-state index contributed by atoms with van der Waals surface area (Å²) in [5.74, 6) is 0.114. The van der Waals surface area contributed by atoms with E-state index in [9.17, 15) is 4.79 Å². The van der Waals surface area contributed by atoms with Gasteiger partial charge in [-0.3, -0.25) is 4.79 Å². The average Bonchev–Trinajstić information content (AvgIpc) is 2.83. The van der Waals surface area contributed by atoms with E-state index in [-0.39, 0.29) is 11.2 Å². The van der Waals surface area contributed by atoms with Gasteiger partial charge in [-0.1, -0.05) is 0 Å². The second-order valence-electron chi connectivity index (χ2n) is 3.86. The summed E-state index contributed by atoms with van der Waals surface area (Å²) in [6.07, 6.45) is 0.500. The Labute approximate surface area is 97.2 Å². The first kappa shape index (κ1) is 9.65. The van der Waals surface area contributed by atoms with E-state index in [0.29, 0.717) is 13.0 Å². The third kappa shape index (κ3) is 1.46. The molecule has 1 N–H and O–H groups in total. The van der Waals surface area contributed by atoms with Crippen molar-refractivity contribution in [1.29, 1.82) is 0 Å². The summed E-state index contributed by atoms with van der Waals surface area (Å²) >= 11 is 4.33. The van der Waals surface area contributed by atoms with Crippen LogP contribution in [-0.4, -0.2) is 33.1 Å². The van der Waals surface area contributed by atoms with Crippen LogP contribution in [0.5, 0.6) is 0 Å². The maximum absolute atomic E-state index is 11.7. The topological polar surface area (TPSA) is 61.9 Å². The zero-order valence-corrected chi connectivity index (χ0v) is 9.32. The minimum Gasteiger partial charge on any atom is -0.311 e. The molecule has 1 amide bonds. The number of thiol groups is 1. The first-order chi connectivity index (χ1) is 7.74. The Bertz CT molecular complexity index is 552. The first-order valence-electron chi connectivity index (χ1n) is 5.03. The van der Waals surface area contributed by atoms with E-state index in [0.717, 1.165) is 16.7 Å². The van der Waals surface area contributed by atoms with Crippen molar-refractivity contribution in [2.45, 2.75) is 11.7 Å². The lowest BCUT2D eigenvalue weighted by molar-refractivity contribution is -0.117. The number of nitrogens with zero attached hydrogens (tertiary/aromatic N) is 3. The van der Waals surface area contributed by atoms with Crippen LogP contribution >= 0.6 is 12.6 Å². The molecule has 2 heterocycles. The molecule has 0 saturated carbocycles. The molecule has 1 aliphatic rings. The van der Waals surface area contributed by atoms with Crippen LogP contribution in [0.3, 0.4) is 0 Å². The van der Waals surface area contributed by atoms with Crippen LogP contribution in [0.2, 0.25) is 0 Å². The van der Waals surface area contributed by atoms with E-state index < -0.39 is 0 Å². The van der Waals surface area contributed by atoms with Gasteiger partial charge < -0.3 is 4.90 Å². The van der Waals surface area contributed by atoms with E-state index in [4.69, 9.17) is 0 Å². The zero-order valence-electron chi connectivity index (χ0n) is 8.42. The molecule has 0 aliphatic carbocycles. The molecule has 0 spiro atoms. The zero-order chi connectivity index (χ0) is 11.1. The Kier molecular flexibility index (Phi) is 2.10. The second kappa shape index (κ2) is 3.48. The van der Waals surface area contributed by atoms with Crippen LogP contribution < -0.4 is 4.90 Å². The number of hydrogen-bond donors (Lipinski definition) is 2. The van der Waals surface area contributed by atoms with Gasteiger partial charge in [0.15, 0.2) is 0 Å². The van der Waals surface area contributed by atoms with Crippen molar-refractivity contribution in [3.05, 3.63) is 18.2 Å². The number of aromatic amines is 1. The molecule has 1 aromatic heterocycles. The fraction of sp³-hybridized carbons (Fsp3) is 0.300. The summed E-state index contributed by atoms with van der Waals surface area (Å²) in [6.45, 7) is 0.658. The quantitative estimate of drug-likeness (QED) is 0.723. The van der Waals surface area contributed by atoms with Gasteiger partial charge in [-0.15, -0.1) is 0 Å². The Morgan fingerprint density at radius 2 is 2.19 bits per heavy atom. The fourth-order valence-corrected chi connectivity index (χ4v) is 2.25. The molecule has 1 saturated heterocycles. The summed E-state index contributed by atoms with van der Waals surface area (Å²) in [7, 11) is 0. The van der Waals surface area contributed by atoms with Crippen molar-refractivity contribution in [1.82, 2.24) is 15.4 Å². The molecule has 1 atom stereocenters. The van der Waals surface area contributed by atoms with E-state index >= 15 is 0 Å². The number of fused-ring (bicyclic) bond motifs is 1. The second-order valence-corrected chi connectivity index (χ2v) is 4.59. The standard InChI is InChI=1S/C10H10N4OS/c15-10-4-7(16)5-14(10)6-1-2-8-9(3-6)12-13-11-8/h1-3,7,16H,4-5H2,(H,11,12,13). The molecular weight excluding hydrogens is 224 g/mol. The lowest BCUT2D eigenvalue weighted by Crippen LogP contribution is -2.24. The van der Waals surface area contributed by atoms with E-state index in [2.05, 4.69) is 28.0 Å². The van der Waals surface area contributed by atoms with Gasteiger partial charge in [0.05, 0.1) is 0 Å². The summed E-state index contributed by atoms with van der Waals surface area (Å²) in [5, 5.41) is 10.6.